The van der Waals surface area contributed by atoms with E-state index in [1.807, 2.05) is 0 Å². The Bertz CT molecular complexity index is 1500. The Hall–Kier alpha value is -5.24. The maximum absolute atomic E-state index is 13.7. The minimum atomic E-state index is -0.249. The van der Waals surface area contributed by atoms with Crippen molar-refractivity contribution in [3.05, 3.63) is 107 Å². The molecular formula is C32H28N4O4. The van der Waals surface area contributed by atoms with Gasteiger partial charge in [0.05, 0.1) is 22.5 Å². The van der Waals surface area contributed by atoms with E-state index in [2.05, 4.69) is 21.3 Å². The van der Waals surface area contributed by atoms with Crippen LogP contribution in [0.3, 0.4) is 0 Å². The van der Waals surface area contributed by atoms with Crippen molar-refractivity contribution >= 4 is 57.5 Å². The van der Waals surface area contributed by atoms with Gasteiger partial charge in [-0.25, -0.2) is 0 Å². The number of carbonyl (C=O) groups is 4. The average molecular weight is 533 g/mol. The molecule has 0 saturated carbocycles. The fourth-order valence-electron chi connectivity index (χ4n) is 4.51. The zero-order chi connectivity index (χ0) is 28.2. The van der Waals surface area contributed by atoms with Crippen LogP contribution in [0.2, 0.25) is 0 Å². The molecule has 0 unspecified atom stereocenters. The Labute approximate surface area is 231 Å². The topological polar surface area (TPSA) is 116 Å². The van der Waals surface area contributed by atoms with Crippen molar-refractivity contribution in [2.45, 2.75) is 26.7 Å². The van der Waals surface area contributed by atoms with E-state index in [1.54, 1.807) is 98.8 Å². The van der Waals surface area contributed by atoms with Crippen LogP contribution in [0.5, 0.6) is 0 Å². The van der Waals surface area contributed by atoms with Gasteiger partial charge in [-0.1, -0.05) is 38.1 Å². The number of anilines is 6. The fourth-order valence-corrected chi connectivity index (χ4v) is 4.51. The molecular weight excluding hydrogens is 504 g/mol. The molecule has 0 spiro atoms. The normalized spacial score (nSPS) is 11.8. The highest BCUT2D eigenvalue weighted by molar-refractivity contribution is 6.32. The molecule has 40 heavy (non-hydrogen) atoms. The summed E-state index contributed by atoms with van der Waals surface area (Å²) in [5.41, 5.74) is 4.99. The molecule has 0 aliphatic heterocycles. The number of hydrogen-bond acceptors (Lipinski definition) is 6. The SMILES string of the molecule is CCC(=O)Nc1ccc(Nc2ccc(Nc3ccc(NC(=O)CC)cc3)c3c2C(=O)c2ccccc2C3=O)cc1. The number of nitrogens with one attached hydrogen (secondary N) is 4. The summed E-state index contributed by atoms with van der Waals surface area (Å²) in [4.78, 5) is 50.9. The van der Waals surface area contributed by atoms with E-state index in [0.717, 1.165) is 0 Å². The lowest BCUT2D eigenvalue weighted by molar-refractivity contribution is -0.116. The van der Waals surface area contributed by atoms with Crippen LogP contribution < -0.4 is 21.3 Å². The molecule has 2 amide bonds. The zero-order valence-electron chi connectivity index (χ0n) is 22.1. The second-order valence-electron chi connectivity index (χ2n) is 9.32. The lowest BCUT2D eigenvalue weighted by Gasteiger charge is -2.24. The van der Waals surface area contributed by atoms with Gasteiger partial charge in [0.25, 0.3) is 0 Å². The van der Waals surface area contributed by atoms with E-state index >= 15 is 0 Å². The molecule has 4 aromatic carbocycles. The monoisotopic (exact) mass is 532 g/mol. The van der Waals surface area contributed by atoms with Gasteiger partial charge in [-0.15, -0.1) is 0 Å². The molecule has 200 valence electrons. The fraction of sp³-hybridized carbons (Fsp3) is 0.125. The summed E-state index contributed by atoms with van der Waals surface area (Å²) in [5.74, 6) is -0.663. The summed E-state index contributed by atoms with van der Waals surface area (Å²) in [6, 6.07) is 24.6. The van der Waals surface area contributed by atoms with E-state index in [0.29, 0.717) is 58.1 Å². The Balaban J connectivity index is 1.50. The maximum Gasteiger partial charge on any atom is 0.224 e. The third-order valence-electron chi connectivity index (χ3n) is 6.61. The largest absolute Gasteiger partial charge is 0.355 e. The molecule has 4 N–H and O–H groups in total. The van der Waals surface area contributed by atoms with Crippen LogP contribution in [0, 0.1) is 0 Å². The van der Waals surface area contributed by atoms with E-state index in [4.69, 9.17) is 0 Å². The minimum Gasteiger partial charge on any atom is -0.355 e. The summed E-state index contributed by atoms with van der Waals surface area (Å²) < 4.78 is 0. The first-order chi connectivity index (χ1) is 19.4. The van der Waals surface area contributed by atoms with Crippen molar-refractivity contribution in [3.63, 3.8) is 0 Å². The van der Waals surface area contributed by atoms with Gasteiger partial charge >= 0.3 is 0 Å². The molecule has 0 fully saturated rings. The molecule has 0 bridgehead atoms. The van der Waals surface area contributed by atoms with Gasteiger partial charge in [-0.3, -0.25) is 19.2 Å². The van der Waals surface area contributed by atoms with Crippen LogP contribution in [0.1, 0.15) is 58.5 Å². The standard InChI is InChI=1S/C32H28N4O4/c1-3-27(37)35-21-13-9-19(10-14-21)33-25-17-18-26(34-20-11-15-22(16-12-20)36-28(38)4-2)30-29(25)31(39)23-7-5-6-8-24(23)32(30)40/h5-18,33-34H,3-4H2,1-2H3,(H,35,37)(H,36,38). The van der Waals surface area contributed by atoms with Crippen LogP contribution in [0.15, 0.2) is 84.9 Å². The molecule has 0 radical (unpaired) electrons. The van der Waals surface area contributed by atoms with Crippen molar-refractivity contribution < 1.29 is 19.2 Å². The summed E-state index contributed by atoms with van der Waals surface area (Å²) in [6.45, 7) is 3.57. The molecule has 5 rings (SSSR count). The van der Waals surface area contributed by atoms with Crippen molar-refractivity contribution in [1.82, 2.24) is 0 Å². The quantitative estimate of drug-likeness (QED) is 0.178. The predicted molar refractivity (Wildman–Crippen MR) is 157 cm³/mol. The number of rotatable bonds is 8. The van der Waals surface area contributed by atoms with E-state index in [1.165, 1.54) is 0 Å². The van der Waals surface area contributed by atoms with Crippen molar-refractivity contribution in [2.75, 3.05) is 21.3 Å². The number of carbonyl (C=O) groups excluding carboxylic acids is 4. The highest BCUT2D eigenvalue weighted by Crippen LogP contribution is 2.38. The summed E-state index contributed by atoms with van der Waals surface area (Å²) in [7, 11) is 0. The first kappa shape index (κ1) is 26.4. The molecule has 0 heterocycles. The highest BCUT2D eigenvalue weighted by atomic mass is 16.2. The van der Waals surface area contributed by atoms with E-state index in [-0.39, 0.29) is 34.5 Å². The average Bonchev–Trinajstić information content (AvgIpc) is 2.98. The second-order valence-corrected chi connectivity index (χ2v) is 9.32. The van der Waals surface area contributed by atoms with E-state index in [9.17, 15) is 19.2 Å². The smallest absolute Gasteiger partial charge is 0.224 e. The van der Waals surface area contributed by atoms with Crippen LogP contribution in [0.25, 0.3) is 0 Å². The Morgan fingerprint density at radius 2 is 0.875 bits per heavy atom. The molecule has 8 nitrogen and oxygen atoms in total. The minimum absolute atomic E-state index is 0.0824. The third kappa shape index (κ3) is 5.33. The zero-order valence-corrected chi connectivity index (χ0v) is 22.1. The lowest BCUT2D eigenvalue weighted by Crippen LogP contribution is -2.23. The van der Waals surface area contributed by atoms with Crippen LogP contribution in [-0.2, 0) is 9.59 Å². The Kier molecular flexibility index (Phi) is 7.41. The van der Waals surface area contributed by atoms with Gasteiger partial charge in [-0.05, 0) is 60.7 Å². The van der Waals surface area contributed by atoms with Crippen LogP contribution in [0.4, 0.5) is 34.1 Å². The Morgan fingerprint density at radius 3 is 1.23 bits per heavy atom. The van der Waals surface area contributed by atoms with Gasteiger partial charge < -0.3 is 21.3 Å². The van der Waals surface area contributed by atoms with Crippen molar-refractivity contribution in [1.29, 1.82) is 0 Å². The summed E-state index contributed by atoms with van der Waals surface area (Å²) in [5, 5.41) is 12.2. The predicted octanol–water partition coefficient (Wildman–Crippen LogP) is 6.65. The van der Waals surface area contributed by atoms with Crippen LogP contribution >= 0.6 is 0 Å². The number of hydrogen-bond donors (Lipinski definition) is 4. The maximum atomic E-state index is 13.7. The third-order valence-corrected chi connectivity index (χ3v) is 6.61. The molecule has 0 saturated heterocycles. The molecule has 1 aliphatic carbocycles. The van der Waals surface area contributed by atoms with Gasteiger partial charge in [-0.2, -0.15) is 0 Å². The number of benzene rings is 4. The molecule has 1 aliphatic rings. The number of ketones is 2. The van der Waals surface area contributed by atoms with Crippen molar-refractivity contribution in [2.24, 2.45) is 0 Å². The number of fused-ring (bicyclic) bond motifs is 2. The number of amides is 2. The van der Waals surface area contributed by atoms with Gasteiger partial charge in [0.1, 0.15) is 0 Å². The summed E-state index contributed by atoms with van der Waals surface area (Å²) >= 11 is 0. The highest BCUT2D eigenvalue weighted by Gasteiger charge is 2.34. The second kappa shape index (κ2) is 11.2. The van der Waals surface area contributed by atoms with Crippen LogP contribution in [-0.4, -0.2) is 23.4 Å². The first-order valence-corrected chi connectivity index (χ1v) is 13.1. The van der Waals surface area contributed by atoms with Gasteiger partial charge in [0, 0.05) is 46.7 Å². The molecule has 4 aromatic rings. The molecule has 8 heteroatoms. The molecule has 0 aromatic heterocycles. The van der Waals surface area contributed by atoms with E-state index < -0.39 is 0 Å². The first-order valence-electron chi connectivity index (χ1n) is 13.1. The summed E-state index contributed by atoms with van der Waals surface area (Å²) in [6.07, 6.45) is 0.757. The molecule has 0 atom stereocenters. The Morgan fingerprint density at radius 1 is 0.525 bits per heavy atom. The van der Waals surface area contributed by atoms with Gasteiger partial charge in [0.2, 0.25) is 11.8 Å². The lowest BCUT2D eigenvalue weighted by atomic mass is 9.82. The van der Waals surface area contributed by atoms with Crippen molar-refractivity contribution in [3.8, 4) is 0 Å². The van der Waals surface area contributed by atoms with Gasteiger partial charge in [0.15, 0.2) is 11.6 Å².